The van der Waals surface area contributed by atoms with E-state index in [4.69, 9.17) is 16.3 Å². The van der Waals surface area contributed by atoms with Crippen molar-refractivity contribution in [2.45, 2.75) is 6.18 Å². The highest BCUT2D eigenvalue weighted by Crippen LogP contribution is 2.32. The second kappa shape index (κ2) is 6.12. The van der Waals surface area contributed by atoms with Crippen LogP contribution in [0.2, 0.25) is 5.02 Å². The number of halogens is 4. The fourth-order valence-electron chi connectivity index (χ4n) is 2.01. The topological polar surface area (TPSA) is 52.8 Å². The Morgan fingerprint density at radius 2 is 1.67 bits per heavy atom. The summed E-state index contributed by atoms with van der Waals surface area (Å²) in [6.45, 7) is 0. The van der Waals surface area contributed by atoms with E-state index in [2.05, 4.69) is 15.1 Å². The van der Waals surface area contributed by atoms with Crippen molar-refractivity contribution in [1.29, 1.82) is 0 Å². The van der Waals surface area contributed by atoms with Crippen LogP contribution in [0.1, 0.15) is 5.69 Å². The number of aromatic nitrogens is 4. The second-order valence-corrected chi connectivity index (χ2v) is 5.29. The van der Waals surface area contributed by atoms with E-state index in [0.29, 0.717) is 9.70 Å². The molecule has 0 fully saturated rings. The van der Waals surface area contributed by atoms with Gasteiger partial charge in [0.15, 0.2) is 0 Å². The first-order chi connectivity index (χ1) is 11.3. The minimum Gasteiger partial charge on any atom is -0.404 e. The van der Waals surface area contributed by atoms with Gasteiger partial charge < -0.3 is 4.74 Å². The molecule has 2 aromatic heterocycles. The van der Waals surface area contributed by atoms with Crippen molar-refractivity contribution in [2.24, 2.45) is 7.05 Å². The summed E-state index contributed by atoms with van der Waals surface area (Å²) in [7, 11) is 1.18. The number of hydrogen-bond donors (Lipinski definition) is 0. The molecule has 0 radical (unpaired) electrons. The van der Waals surface area contributed by atoms with Gasteiger partial charge in [0.1, 0.15) is 5.69 Å². The van der Waals surface area contributed by atoms with Gasteiger partial charge in [0.25, 0.3) is 0 Å². The van der Waals surface area contributed by atoms with E-state index in [1.54, 1.807) is 24.3 Å². The van der Waals surface area contributed by atoms with Crippen molar-refractivity contribution < 1.29 is 17.9 Å². The molecule has 0 aliphatic heterocycles. The Balaban J connectivity index is 1.78. The first kappa shape index (κ1) is 16.3. The highest BCUT2D eigenvalue weighted by molar-refractivity contribution is 6.30. The average Bonchev–Trinajstić information content (AvgIpc) is 2.90. The summed E-state index contributed by atoms with van der Waals surface area (Å²) in [5.74, 6) is -0.232. The van der Waals surface area contributed by atoms with E-state index >= 15 is 0 Å². The van der Waals surface area contributed by atoms with Crippen LogP contribution in [-0.4, -0.2) is 19.7 Å². The average molecular weight is 355 g/mol. The summed E-state index contributed by atoms with van der Waals surface area (Å²) in [6.07, 6.45) is -1.51. The number of benzene rings is 1. The van der Waals surface area contributed by atoms with Crippen molar-refractivity contribution in [3.05, 3.63) is 53.4 Å². The smallest absolute Gasteiger partial charge is 0.404 e. The fourth-order valence-corrected chi connectivity index (χ4v) is 2.14. The van der Waals surface area contributed by atoms with Gasteiger partial charge in [-0.3, -0.25) is 4.68 Å². The lowest BCUT2D eigenvalue weighted by Gasteiger charge is -2.04. The maximum absolute atomic E-state index is 12.7. The predicted octanol–water partition coefficient (Wildman–Crippen LogP) is 4.34. The third kappa shape index (κ3) is 3.48. The minimum absolute atomic E-state index is 0.0976. The SMILES string of the molecule is Cn1nc(Oc2ncc(-c3ccc(Cl)cc3)cn2)cc1C(F)(F)F. The summed E-state index contributed by atoms with van der Waals surface area (Å²) >= 11 is 5.82. The molecule has 0 atom stereocenters. The summed E-state index contributed by atoms with van der Waals surface area (Å²) in [5, 5.41) is 4.25. The molecule has 2 heterocycles. The number of nitrogens with zero attached hydrogens (tertiary/aromatic N) is 4. The number of rotatable bonds is 3. The zero-order chi connectivity index (χ0) is 17.3. The van der Waals surface area contributed by atoms with E-state index in [1.165, 1.54) is 19.4 Å². The highest BCUT2D eigenvalue weighted by Gasteiger charge is 2.35. The van der Waals surface area contributed by atoms with E-state index in [9.17, 15) is 13.2 Å². The van der Waals surface area contributed by atoms with E-state index in [-0.39, 0.29) is 11.9 Å². The van der Waals surface area contributed by atoms with E-state index in [0.717, 1.165) is 17.2 Å². The molecule has 24 heavy (non-hydrogen) atoms. The van der Waals surface area contributed by atoms with E-state index in [1.807, 2.05) is 0 Å². The zero-order valence-corrected chi connectivity index (χ0v) is 13.0. The maximum atomic E-state index is 12.7. The predicted molar refractivity (Wildman–Crippen MR) is 80.8 cm³/mol. The molecule has 124 valence electrons. The van der Waals surface area contributed by atoms with Crippen LogP contribution in [0, 0.1) is 0 Å². The molecule has 0 aliphatic rings. The third-order valence-electron chi connectivity index (χ3n) is 3.15. The van der Waals surface area contributed by atoms with Crippen LogP contribution in [0.5, 0.6) is 11.9 Å². The van der Waals surface area contributed by atoms with Gasteiger partial charge in [0.05, 0.1) is 0 Å². The third-order valence-corrected chi connectivity index (χ3v) is 3.40. The molecule has 3 aromatic rings. The lowest BCUT2D eigenvalue weighted by Crippen LogP contribution is -2.11. The van der Waals surface area contributed by atoms with Gasteiger partial charge in [-0.15, -0.1) is 5.10 Å². The first-order valence-corrected chi connectivity index (χ1v) is 7.08. The molecule has 0 aliphatic carbocycles. The highest BCUT2D eigenvalue weighted by atomic mass is 35.5. The molecule has 0 N–H and O–H groups in total. The van der Waals surface area contributed by atoms with Crippen LogP contribution in [0.15, 0.2) is 42.7 Å². The van der Waals surface area contributed by atoms with E-state index < -0.39 is 11.9 Å². The molecule has 0 saturated heterocycles. The Kier molecular flexibility index (Phi) is 4.15. The van der Waals surface area contributed by atoms with Gasteiger partial charge in [0.2, 0.25) is 5.88 Å². The molecule has 0 spiro atoms. The molecule has 9 heteroatoms. The van der Waals surface area contributed by atoms with Crippen LogP contribution in [0.3, 0.4) is 0 Å². The fraction of sp³-hybridized carbons (Fsp3) is 0.133. The number of hydrogen-bond acceptors (Lipinski definition) is 4. The van der Waals surface area contributed by atoms with Crippen molar-refractivity contribution in [2.75, 3.05) is 0 Å². The maximum Gasteiger partial charge on any atom is 0.433 e. The van der Waals surface area contributed by atoms with Crippen LogP contribution < -0.4 is 4.74 Å². The van der Waals surface area contributed by atoms with Gasteiger partial charge in [-0.1, -0.05) is 23.7 Å². The Labute approximate surface area is 139 Å². The number of ether oxygens (including phenoxy) is 1. The molecular formula is C15H10ClF3N4O. The quantitative estimate of drug-likeness (QED) is 0.702. The summed E-state index contributed by atoms with van der Waals surface area (Å²) < 4.78 is 44.0. The van der Waals surface area contributed by atoms with Crippen LogP contribution in [0.25, 0.3) is 11.1 Å². The Hall–Kier alpha value is -2.61. The van der Waals surface area contributed by atoms with Crippen molar-refractivity contribution >= 4 is 11.6 Å². The van der Waals surface area contributed by atoms with Gasteiger partial charge >= 0.3 is 12.2 Å². The van der Waals surface area contributed by atoms with Crippen molar-refractivity contribution in [1.82, 2.24) is 19.7 Å². The van der Waals surface area contributed by atoms with Gasteiger partial charge in [-0.2, -0.15) is 13.2 Å². The Morgan fingerprint density at radius 3 is 2.21 bits per heavy atom. The summed E-state index contributed by atoms with van der Waals surface area (Å²) in [4.78, 5) is 7.95. The lowest BCUT2D eigenvalue weighted by molar-refractivity contribution is -0.143. The van der Waals surface area contributed by atoms with Gasteiger partial charge in [-0.05, 0) is 17.7 Å². The molecule has 0 bridgehead atoms. The number of alkyl halides is 3. The number of aryl methyl sites for hydroxylation is 1. The lowest BCUT2D eigenvalue weighted by atomic mass is 10.1. The molecule has 0 amide bonds. The molecular weight excluding hydrogens is 345 g/mol. The standard InChI is InChI=1S/C15H10ClF3N4O/c1-23-12(15(17,18)19)6-13(22-23)24-14-20-7-10(8-21-14)9-2-4-11(16)5-3-9/h2-8H,1H3. The molecule has 1 aromatic carbocycles. The van der Waals surface area contributed by atoms with Crippen LogP contribution >= 0.6 is 11.6 Å². The van der Waals surface area contributed by atoms with Crippen molar-refractivity contribution in [3.8, 4) is 23.0 Å². The Morgan fingerprint density at radius 1 is 1.04 bits per heavy atom. The summed E-state index contributed by atoms with van der Waals surface area (Å²) in [6, 6.07) is 7.75. The zero-order valence-electron chi connectivity index (χ0n) is 12.3. The molecule has 0 saturated carbocycles. The van der Waals surface area contributed by atoms with Crippen LogP contribution in [0.4, 0.5) is 13.2 Å². The minimum atomic E-state index is -4.51. The molecule has 0 unspecified atom stereocenters. The summed E-state index contributed by atoms with van der Waals surface area (Å²) in [5.41, 5.74) is 0.648. The molecule has 5 nitrogen and oxygen atoms in total. The Bertz CT molecular complexity index is 845. The van der Waals surface area contributed by atoms with Crippen molar-refractivity contribution in [3.63, 3.8) is 0 Å². The first-order valence-electron chi connectivity index (χ1n) is 6.70. The van der Waals surface area contributed by atoms with Crippen LogP contribution in [-0.2, 0) is 13.2 Å². The normalized spacial score (nSPS) is 11.5. The van der Waals surface area contributed by atoms with Gasteiger partial charge in [0, 0.05) is 36.1 Å². The largest absolute Gasteiger partial charge is 0.433 e. The molecule has 3 rings (SSSR count). The van der Waals surface area contributed by atoms with Gasteiger partial charge in [-0.25, -0.2) is 9.97 Å². The monoisotopic (exact) mass is 354 g/mol. The second-order valence-electron chi connectivity index (χ2n) is 4.85.